The van der Waals surface area contributed by atoms with Gasteiger partial charge in [0.15, 0.2) is 5.82 Å². The molecule has 0 unspecified atom stereocenters. The Morgan fingerprint density at radius 3 is 2.89 bits per heavy atom. The number of hydrogen-bond donors (Lipinski definition) is 3. The number of amides is 1. The van der Waals surface area contributed by atoms with Crippen LogP contribution in [0, 0.1) is 11.6 Å². The van der Waals surface area contributed by atoms with Crippen molar-refractivity contribution in [1.29, 1.82) is 0 Å². The molecule has 2 aromatic carbocycles. The molecule has 3 rings (SSSR count). The van der Waals surface area contributed by atoms with Crippen molar-refractivity contribution in [3.05, 3.63) is 52.3 Å². The van der Waals surface area contributed by atoms with Crippen LogP contribution in [0.4, 0.5) is 20.2 Å². The number of aromatic amines is 1. The first-order valence-electron chi connectivity index (χ1n) is 7.82. The number of halogens is 3. The molecule has 3 N–H and O–H groups in total. The molecule has 27 heavy (non-hydrogen) atoms. The SMILES string of the molecule is CN(OCCO)C(=O)c1cc2[nH]cnc2c(F)c1Nc1ccc(Br)cc1F. The van der Waals surface area contributed by atoms with Gasteiger partial charge < -0.3 is 15.4 Å². The zero-order valence-corrected chi connectivity index (χ0v) is 15.7. The first kappa shape index (κ1) is 19.2. The topological polar surface area (TPSA) is 90.5 Å². The largest absolute Gasteiger partial charge is 0.394 e. The van der Waals surface area contributed by atoms with Crippen LogP contribution in [0.3, 0.4) is 0 Å². The van der Waals surface area contributed by atoms with Crippen molar-refractivity contribution in [3.8, 4) is 0 Å². The number of carbonyl (C=O) groups excluding carboxylic acids is 1. The fourth-order valence-electron chi connectivity index (χ4n) is 2.46. The highest BCUT2D eigenvalue weighted by Gasteiger charge is 2.24. The van der Waals surface area contributed by atoms with E-state index in [1.807, 2.05) is 0 Å². The highest BCUT2D eigenvalue weighted by molar-refractivity contribution is 9.10. The minimum absolute atomic E-state index is 0.00509. The van der Waals surface area contributed by atoms with Gasteiger partial charge in [0.2, 0.25) is 0 Å². The average Bonchev–Trinajstić information content (AvgIpc) is 3.12. The molecule has 142 valence electrons. The number of hydrogen-bond acceptors (Lipinski definition) is 5. The van der Waals surface area contributed by atoms with Crippen molar-refractivity contribution >= 4 is 44.2 Å². The number of nitrogens with one attached hydrogen (secondary N) is 2. The molecule has 0 aliphatic heterocycles. The molecular weight excluding hydrogens is 426 g/mol. The Labute approximate surface area is 161 Å². The van der Waals surface area contributed by atoms with Crippen molar-refractivity contribution in [2.45, 2.75) is 0 Å². The minimum atomic E-state index is -0.810. The molecule has 0 saturated heterocycles. The summed E-state index contributed by atoms with van der Waals surface area (Å²) in [6, 6.07) is 5.60. The van der Waals surface area contributed by atoms with Crippen LogP contribution in [-0.4, -0.2) is 46.3 Å². The highest BCUT2D eigenvalue weighted by Crippen LogP contribution is 2.32. The number of aliphatic hydroxyl groups excluding tert-OH is 1. The molecule has 1 heterocycles. The summed E-state index contributed by atoms with van der Waals surface area (Å²) >= 11 is 3.15. The van der Waals surface area contributed by atoms with E-state index in [1.54, 1.807) is 6.07 Å². The summed E-state index contributed by atoms with van der Waals surface area (Å²) in [6.07, 6.45) is 1.29. The summed E-state index contributed by atoms with van der Waals surface area (Å²) in [5, 5.41) is 12.3. The lowest BCUT2D eigenvalue weighted by atomic mass is 10.1. The van der Waals surface area contributed by atoms with Gasteiger partial charge in [-0.25, -0.2) is 18.8 Å². The second-order valence-corrected chi connectivity index (χ2v) is 6.44. The standard InChI is InChI=1S/C17H15BrF2N4O3/c1-24(27-5-4-25)17(26)10-7-13-16(22-8-21-13)14(20)15(10)23-12-3-2-9(18)6-11(12)19/h2-3,6-8,23,25H,4-5H2,1H3,(H,21,22). The zero-order valence-electron chi connectivity index (χ0n) is 14.1. The Morgan fingerprint density at radius 2 is 2.19 bits per heavy atom. The lowest BCUT2D eigenvalue weighted by Gasteiger charge is -2.19. The second-order valence-electron chi connectivity index (χ2n) is 5.52. The lowest BCUT2D eigenvalue weighted by Crippen LogP contribution is -2.29. The van der Waals surface area contributed by atoms with Gasteiger partial charge in [-0.3, -0.25) is 9.63 Å². The summed E-state index contributed by atoms with van der Waals surface area (Å²) in [6.45, 7) is -0.401. The van der Waals surface area contributed by atoms with Crippen molar-refractivity contribution in [2.24, 2.45) is 0 Å². The number of nitrogens with zero attached hydrogens (tertiary/aromatic N) is 2. The maximum atomic E-state index is 15.0. The number of imidazole rings is 1. The van der Waals surface area contributed by atoms with Gasteiger partial charge in [-0.15, -0.1) is 0 Å². The van der Waals surface area contributed by atoms with E-state index in [2.05, 4.69) is 31.2 Å². The van der Waals surface area contributed by atoms with Gasteiger partial charge in [-0.1, -0.05) is 15.9 Å². The summed E-state index contributed by atoms with van der Waals surface area (Å²) in [7, 11) is 1.33. The van der Waals surface area contributed by atoms with Gasteiger partial charge in [0.1, 0.15) is 11.3 Å². The van der Waals surface area contributed by atoms with Crippen LogP contribution in [0.1, 0.15) is 10.4 Å². The van der Waals surface area contributed by atoms with Crippen LogP contribution in [0.2, 0.25) is 0 Å². The molecule has 7 nitrogen and oxygen atoms in total. The summed E-state index contributed by atoms with van der Waals surface area (Å²) < 4.78 is 29.7. The van der Waals surface area contributed by atoms with E-state index in [9.17, 15) is 9.18 Å². The van der Waals surface area contributed by atoms with Crippen LogP contribution < -0.4 is 5.32 Å². The number of hydroxylamine groups is 2. The summed E-state index contributed by atoms with van der Waals surface area (Å²) in [5.41, 5.74) is -0.0361. The molecule has 0 aliphatic carbocycles. The van der Waals surface area contributed by atoms with E-state index < -0.39 is 17.5 Å². The normalized spacial score (nSPS) is 11.0. The van der Waals surface area contributed by atoms with E-state index in [4.69, 9.17) is 9.94 Å². The predicted molar refractivity (Wildman–Crippen MR) is 98.6 cm³/mol. The van der Waals surface area contributed by atoms with Crippen molar-refractivity contribution < 1.29 is 23.5 Å². The Morgan fingerprint density at radius 1 is 1.41 bits per heavy atom. The zero-order chi connectivity index (χ0) is 19.6. The Bertz CT molecular complexity index is 996. The number of carbonyl (C=O) groups is 1. The fraction of sp³-hybridized carbons (Fsp3) is 0.176. The van der Waals surface area contributed by atoms with Crippen LogP contribution in [0.25, 0.3) is 11.0 Å². The maximum absolute atomic E-state index is 15.0. The highest BCUT2D eigenvalue weighted by atomic mass is 79.9. The van der Waals surface area contributed by atoms with E-state index in [0.29, 0.717) is 9.99 Å². The van der Waals surface area contributed by atoms with Gasteiger partial charge in [-0.2, -0.15) is 0 Å². The van der Waals surface area contributed by atoms with E-state index in [0.717, 1.165) is 5.06 Å². The van der Waals surface area contributed by atoms with Crippen molar-refractivity contribution in [1.82, 2.24) is 15.0 Å². The average molecular weight is 441 g/mol. The fourth-order valence-corrected chi connectivity index (χ4v) is 2.80. The molecule has 0 fully saturated rings. The first-order valence-corrected chi connectivity index (χ1v) is 8.61. The van der Waals surface area contributed by atoms with Crippen LogP contribution in [-0.2, 0) is 4.84 Å². The van der Waals surface area contributed by atoms with Crippen LogP contribution in [0.15, 0.2) is 35.1 Å². The van der Waals surface area contributed by atoms with Gasteiger partial charge >= 0.3 is 0 Å². The van der Waals surface area contributed by atoms with E-state index >= 15 is 4.39 Å². The Hall–Kier alpha value is -2.56. The van der Waals surface area contributed by atoms with Gasteiger partial charge in [-0.05, 0) is 24.3 Å². The third-order valence-electron chi connectivity index (χ3n) is 3.74. The van der Waals surface area contributed by atoms with Crippen molar-refractivity contribution in [2.75, 3.05) is 25.6 Å². The predicted octanol–water partition coefficient (Wildman–Crippen LogP) is 3.34. The quantitative estimate of drug-likeness (QED) is 0.511. The Kier molecular flexibility index (Phi) is 5.68. The number of anilines is 2. The molecule has 0 spiro atoms. The molecule has 0 radical (unpaired) electrons. The number of benzene rings is 2. The second kappa shape index (κ2) is 7.99. The first-order chi connectivity index (χ1) is 12.9. The number of rotatable bonds is 6. The van der Waals surface area contributed by atoms with Crippen LogP contribution in [0.5, 0.6) is 0 Å². The number of aromatic nitrogens is 2. The van der Waals surface area contributed by atoms with E-state index in [1.165, 1.54) is 31.6 Å². The maximum Gasteiger partial charge on any atom is 0.279 e. The molecule has 1 aromatic heterocycles. The molecule has 0 bridgehead atoms. The summed E-state index contributed by atoms with van der Waals surface area (Å²) in [4.78, 5) is 24.4. The van der Waals surface area contributed by atoms with E-state index in [-0.39, 0.29) is 35.7 Å². The lowest BCUT2D eigenvalue weighted by molar-refractivity contribution is -0.114. The molecule has 10 heteroatoms. The number of fused-ring (bicyclic) bond motifs is 1. The number of H-pyrrole nitrogens is 1. The number of aliphatic hydroxyl groups is 1. The molecule has 0 atom stereocenters. The monoisotopic (exact) mass is 440 g/mol. The molecule has 1 amide bonds. The van der Waals surface area contributed by atoms with Crippen LogP contribution >= 0.6 is 15.9 Å². The summed E-state index contributed by atoms with van der Waals surface area (Å²) in [5.74, 6) is -2.12. The third kappa shape index (κ3) is 3.92. The molecular formula is C17H15BrF2N4O3. The smallest absolute Gasteiger partial charge is 0.279 e. The van der Waals surface area contributed by atoms with Gasteiger partial charge in [0.05, 0.1) is 42.0 Å². The third-order valence-corrected chi connectivity index (χ3v) is 4.23. The molecule has 0 saturated carbocycles. The van der Waals surface area contributed by atoms with Crippen molar-refractivity contribution in [3.63, 3.8) is 0 Å². The minimum Gasteiger partial charge on any atom is -0.394 e. The van der Waals surface area contributed by atoms with Gasteiger partial charge in [0.25, 0.3) is 5.91 Å². The Balaban J connectivity index is 2.08. The van der Waals surface area contributed by atoms with Gasteiger partial charge in [0, 0.05) is 11.5 Å². The molecule has 3 aromatic rings. The molecule has 0 aliphatic rings.